The van der Waals surface area contributed by atoms with Crippen molar-refractivity contribution in [2.75, 3.05) is 12.0 Å². The molecule has 2 aromatic carbocycles. The van der Waals surface area contributed by atoms with Crippen LogP contribution in [0.2, 0.25) is 0 Å². The molecule has 4 aromatic rings. The average Bonchev–Trinajstić information content (AvgIpc) is 3.08. The van der Waals surface area contributed by atoms with Crippen LogP contribution in [0.5, 0.6) is 0 Å². The van der Waals surface area contributed by atoms with Crippen molar-refractivity contribution in [2.45, 2.75) is 23.6 Å². The number of thioether (sulfide) groups is 2. The Morgan fingerprint density at radius 2 is 1.81 bits per heavy atom. The van der Waals surface area contributed by atoms with Crippen LogP contribution in [0.4, 0.5) is 0 Å². The van der Waals surface area contributed by atoms with Gasteiger partial charge in [0.2, 0.25) is 5.78 Å². The number of benzene rings is 2. The van der Waals surface area contributed by atoms with Gasteiger partial charge in [0.25, 0.3) is 0 Å². The van der Waals surface area contributed by atoms with Crippen LogP contribution in [0.1, 0.15) is 12.5 Å². The summed E-state index contributed by atoms with van der Waals surface area (Å²) in [5.74, 6) is 1.80. The Morgan fingerprint density at radius 3 is 2.52 bits per heavy atom. The van der Waals surface area contributed by atoms with Crippen molar-refractivity contribution in [3.8, 4) is 22.5 Å². The summed E-state index contributed by atoms with van der Waals surface area (Å²) in [5.41, 5.74) is 5.61. The van der Waals surface area contributed by atoms with Gasteiger partial charge in [0.1, 0.15) is 0 Å². The monoisotopic (exact) mass is 391 g/mol. The molecule has 0 N–H and O–H groups in total. The molecular formula is C22H21N3S2. The first kappa shape index (κ1) is 18.1. The van der Waals surface area contributed by atoms with Gasteiger partial charge in [-0.05, 0) is 54.8 Å². The van der Waals surface area contributed by atoms with Crippen molar-refractivity contribution in [3.05, 3.63) is 66.5 Å². The number of hydrogen-bond acceptors (Lipinski definition) is 4. The highest BCUT2D eigenvalue weighted by Gasteiger charge is 2.17. The lowest BCUT2D eigenvalue weighted by atomic mass is 10.0. The van der Waals surface area contributed by atoms with Crippen molar-refractivity contribution in [1.82, 2.24) is 14.4 Å². The molecule has 2 aromatic heterocycles. The molecule has 3 nitrogen and oxygen atoms in total. The van der Waals surface area contributed by atoms with Crippen LogP contribution in [0.15, 0.2) is 70.7 Å². The van der Waals surface area contributed by atoms with E-state index in [1.807, 2.05) is 24.0 Å². The topological polar surface area (TPSA) is 30.2 Å². The van der Waals surface area contributed by atoms with Gasteiger partial charge in [-0.25, -0.2) is 9.97 Å². The van der Waals surface area contributed by atoms with Gasteiger partial charge in [-0.15, -0.1) is 23.5 Å². The molecule has 0 atom stereocenters. The molecule has 0 aliphatic rings. The van der Waals surface area contributed by atoms with E-state index in [1.54, 1.807) is 18.0 Å². The molecule has 0 saturated heterocycles. The highest BCUT2D eigenvalue weighted by atomic mass is 32.2. The predicted molar refractivity (Wildman–Crippen MR) is 117 cm³/mol. The molecule has 136 valence electrons. The van der Waals surface area contributed by atoms with Crippen molar-refractivity contribution in [2.24, 2.45) is 0 Å². The van der Waals surface area contributed by atoms with Gasteiger partial charge in [0.05, 0.1) is 11.4 Å². The molecule has 2 heterocycles. The molecule has 0 fully saturated rings. The molecule has 0 aliphatic heterocycles. The Morgan fingerprint density at radius 1 is 1.04 bits per heavy atom. The minimum Gasteiger partial charge on any atom is -0.283 e. The molecule has 0 spiro atoms. The lowest BCUT2D eigenvalue weighted by Gasteiger charge is -2.09. The third-order valence-corrected chi connectivity index (χ3v) is 6.30. The van der Waals surface area contributed by atoms with Crippen molar-refractivity contribution in [3.63, 3.8) is 0 Å². The van der Waals surface area contributed by atoms with E-state index >= 15 is 0 Å². The smallest absolute Gasteiger partial charge is 0.234 e. The van der Waals surface area contributed by atoms with E-state index in [1.165, 1.54) is 15.4 Å². The molecule has 5 heteroatoms. The summed E-state index contributed by atoms with van der Waals surface area (Å²) in [5, 5.41) is 0. The van der Waals surface area contributed by atoms with Crippen molar-refractivity contribution in [1.29, 1.82) is 0 Å². The van der Waals surface area contributed by atoms with Crippen LogP contribution in [-0.2, 0) is 0 Å². The molecule has 4 rings (SSSR count). The number of rotatable bonds is 5. The van der Waals surface area contributed by atoms with E-state index in [9.17, 15) is 0 Å². The number of imidazole rings is 1. The zero-order valence-corrected chi connectivity index (χ0v) is 17.3. The van der Waals surface area contributed by atoms with Crippen molar-refractivity contribution < 1.29 is 0 Å². The minimum absolute atomic E-state index is 0.723. The Labute approximate surface area is 168 Å². The third kappa shape index (κ3) is 3.49. The maximum absolute atomic E-state index is 4.85. The van der Waals surface area contributed by atoms with E-state index in [2.05, 4.69) is 72.0 Å². The van der Waals surface area contributed by atoms with E-state index in [-0.39, 0.29) is 0 Å². The van der Waals surface area contributed by atoms with Gasteiger partial charge in [-0.2, -0.15) is 0 Å². The van der Waals surface area contributed by atoms with Crippen molar-refractivity contribution >= 4 is 29.3 Å². The van der Waals surface area contributed by atoms with Crippen LogP contribution in [0, 0.1) is 6.92 Å². The fourth-order valence-corrected chi connectivity index (χ4v) is 4.51. The van der Waals surface area contributed by atoms with Crippen LogP contribution in [0.25, 0.3) is 28.3 Å². The number of hydrogen-bond donors (Lipinski definition) is 0. The second-order valence-electron chi connectivity index (χ2n) is 6.24. The highest BCUT2D eigenvalue weighted by molar-refractivity contribution is 7.99. The largest absolute Gasteiger partial charge is 0.283 e. The lowest BCUT2D eigenvalue weighted by molar-refractivity contribution is 1.11. The van der Waals surface area contributed by atoms with E-state index in [0.29, 0.717) is 0 Å². The molecule has 0 unspecified atom stereocenters. The molecule has 0 saturated carbocycles. The molecule has 27 heavy (non-hydrogen) atoms. The Hall–Kier alpha value is -2.24. The first-order valence-corrected chi connectivity index (χ1v) is 11.1. The first-order valence-electron chi connectivity index (χ1n) is 8.92. The van der Waals surface area contributed by atoms with Gasteiger partial charge in [-0.1, -0.05) is 25.1 Å². The number of nitrogens with zero attached hydrogens (tertiary/aromatic N) is 3. The zero-order chi connectivity index (χ0) is 18.8. The lowest BCUT2D eigenvalue weighted by Crippen LogP contribution is -1.92. The molecular weight excluding hydrogens is 370 g/mol. The molecule has 0 bridgehead atoms. The standard InChI is InChI=1S/C22H21N3S2/c1-4-27-18-9-6-16(7-10-18)20-21(25-13-5-12-23-22(25)24-20)17-8-11-19(26-3)15(2)14-17/h5-14H,4H2,1-3H3. The van der Waals surface area contributed by atoms with Gasteiger partial charge in [-0.3, -0.25) is 4.40 Å². The zero-order valence-electron chi connectivity index (χ0n) is 15.6. The Bertz CT molecular complexity index is 1080. The summed E-state index contributed by atoms with van der Waals surface area (Å²) in [4.78, 5) is 11.9. The quantitative estimate of drug-likeness (QED) is 0.379. The summed E-state index contributed by atoms with van der Waals surface area (Å²) in [6, 6.07) is 17.2. The van der Waals surface area contributed by atoms with Gasteiger partial charge in [0.15, 0.2) is 0 Å². The number of aromatic nitrogens is 3. The Kier molecular flexibility index (Phi) is 5.23. The molecule has 0 radical (unpaired) electrons. The van der Waals surface area contributed by atoms with Crippen LogP contribution < -0.4 is 0 Å². The van der Waals surface area contributed by atoms with Gasteiger partial charge < -0.3 is 0 Å². The average molecular weight is 392 g/mol. The maximum Gasteiger partial charge on any atom is 0.234 e. The normalized spacial score (nSPS) is 11.2. The van der Waals surface area contributed by atoms with E-state index in [0.717, 1.165) is 34.0 Å². The number of aryl methyl sites for hydroxylation is 1. The number of fused-ring (bicyclic) bond motifs is 1. The van der Waals surface area contributed by atoms with Crippen LogP contribution >= 0.6 is 23.5 Å². The fourth-order valence-electron chi connectivity index (χ4n) is 3.27. The summed E-state index contributed by atoms with van der Waals surface area (Å²) in [7, 11) is 0. The van der Waals surface area contributed by atoms with Gasteiger partial charge >= 0.3 is 0 Å². The summed E-state index contributed by atoms with van der Waals surface area (Å²) in [6.45, 7) is 4.33. The maximum atomic E-state index is 4.85. The second-order valence-corrected chi connectivity index (χ2v) is 8.43. The minimum atomic E-state index is 0.723. The summed E-state index contributed by atoms with van der Waals surface area (Å²) < 4.78 is 2.08. The Balaban J connectivity index is 1.91. The fraction of sp³-hybridized carbons (Fsp3) is 0.182. The SMILES string of the molecule is CCSc1ccc(-c2nc3ncccn3c2-c2ccc(SC)c(C)c2)cc1. The molecule has 0 aliphatic carbocycles. The van der Waals surface area contributed by atoms with E-state index < -0.39 is 0 Å². The molecule has 0 amide bonds. The van der Waals surface area contributed by atoms with Crippen LogP contribution in [0.3, 0.4) is 0 Å². The van der Waals surface area contributed by atoms with Gasteiger partial charge in [0, 0.05) is 33.3 Å². The summed E-state index contributed by atoms with van der Waals surface area (Å²) in [6.07, 6.45) is 5.94. The highest BCUT2D eigenvalue weighted by Crippen LogP contribution is 2.35. The first-order chi connectivity index (χ1) is 13.2. The third-order valence-electron chi connectivity index (χ3n) is 4.51. The summed E-state index contributed by atoms with van der Waals surface area (Å²) >= 11 is 3.63. The predicted octanol–water partition coefficient (Wildman–Crippen LogP) is 6.21. The second kappa shape index (κ2) is 7.79. The van der Waals surface area contributed by atoms with Crippen LogP contribution in [-0.4, -0.2) is 26.4 Å². The van der Waals surface area contributed by atoms with E-state index in [4.69, 9.17) is 4.98 Å².